The molecule has 5 rings (SSSR count). The molecule has 1 aliphatic rings. The number of anilines is 1. The van der Waals surface area contributed by atoms with Crippen LogP contribution in [-0.2, 0) is 10.0 Å². The Morgan fingerprint density at radius 3 is 2.52 bits per heavy atom. The number of nitrogens with one attached hydrogen (secondary N) is 1. The van der Waals surface area contributed by atoms with E-state index >= 15 is 0 Å². The molecule has 0 spiro atoms. The number of hydrogen-bond donors (Lipinski definition) is 2. The van der Waals surface area contributed by atoms with Gasteiger partial charge in [-0.3, -0.25) is 4.72 Å². The van der Waals surface area contributed by atoms with Crippen molar-refractivity contribution < 1.29 is 18.3 Å². The molecule has 2 heterocycles. The van der Waals surface area contributed by atoms with E-state index in [1.54, 1.807) is 24.4 Å². The summed E-state index contributed by atoms with van der Waals surface area (Å²) in [5, 5.41) is 9.42. The van der Waals surface area contributed by atoms with Crippen LogP contribution in [0.3, 0.4) is 0 Å². The van der Waals surface area contributed by atoms with Gasteiger partial charge in [-0.25, -0.2) is 17.6 Å². The number of halogens is 1. The number of hydrogen-bond acceptors (Lipinski definition) is 6. The molecule has 2 aromatic heterocycles. The van der Waals surface area contributed by atoms with Gasteiger partial charge in [0.05, 0.1) is 25.4 Å². The van der Waals surface area contributed by atoms with E-state index in [0.29, 0.717) is 21.2 Å². The van der Waals surface area contributed by atoms with Crippen LogP contribution in [0.2, 0.25) is 4.34 Å². The van der Waals surface area contributed by atoms with Crippen LogP contribution in [0.15, 0.2) is 65.7 Å². The second-order valence-electron chi connectivity index (χ2n) is 7.68. The van der Waals surface area contributed by atoms with E-state index in [2.05, 4.69) is 9.10 Å². The summed E-state index contributed by atoms with van der Waals surface area (Å²) >= 11 is 8.79. The molecule has 0 bridgehead atoms. The largest absolute Gasteiger partial charge is 0.478 e. The van der Waals surface area contributed by atoms with Gasteiger partial charge >= 0.3 is 5.97 Å². The fraction of sp³-hybridized carbons (Fsp3) is 0.130. The Morgan fingerprint density at radius 1 is 1.06 bits per heavy atom. The van der Waals surface area contributed by atoms with E-state index in [-0.39, 0.29) is 16.4 Å². The quantitative estimate of drug-likeness (QED) is 0.289. The molecule has 0 saturated heterocycles. The standard InChI is InChI=1S/C23H17ClN2O4S3/c24-22-8-7-20(31-22)17-6-3-14(19-9-10-25-32-19)11-18(17)26-33(29,30)21-12-15(23(27)28)4-5-16(21)13-1-2-13/h3-13,26H,1-2H2,(H,27,28). The molecule has 10 heteroatoms. The van der Waals surface area contributed by atoms with Crippen molar-refractivity contribution in [1.82, 2.24) is 4.37 Å². The van der Waals surface area contributed by atoms with Crippen LogP contribution in [0.25, 0.3) is 20.9 Å². The fourth-order valence-corrected chi connectivity index (χ4v) is 6.72. The maximum absolute atomic E-state index is 13.6. The van der Waals surface area contributed by atoms with Gasteiger partial charge in [-0.2, -0.15) is 0 Å². The Bertz CT molecular complexity index is 1460. The highest BCUT2D eigenvalue weighted by molar-refractivity contribution is 7.92. The van der Waals surface area contributed by atoms with Crippen LogP contribution in [0.1, 0.15) is 34.7 Å². The third kappa shape index (κ3) is 4.54. The Hall–Kier alpha value is -2.72. The number of nitrogens with zero attached hydrogens (tertiary/aromatic N) is 1. The minimum Gasteiger partial charge on any atom is -0.478 e. The van der Waals surface area contributed by atoms with Crippen LogP contribution in [-0.4, -0.2) is 23.9 Å². The van der Waals surface area contributed by atoms with E-state index < -0.39 is 16.0 Å². The van der Waals surface area contributed by atoms with Crippen LogP contribution in [0.4, 0.5) is 5.69 Å². The summed E-state index contributed by atoms with van der Waals surface area (Å²) in [6, 6.07) is 15.3. The first kappa shape index (κ1) is 22.1. The molecule has 2 N–H and O–H groups in total. The first-order chi connectivity index (χ1) is 15.8. The number of carboxylic acid groups (broad SMARTS) is 1. The van der Waals surface area contributed by atoms with Gasteiger partial charge < -0.3 is 5.11 Å². The Balaban J connectivity index is 1.62. The average molecular weight is 517 g/mol. The van der Waals surface area contributed by atoms with Crippen molar-refractivity contribution in [1.29, 1.82) is 0 Å². The number of benzene rings is 2. The fourth-order valence-electron chi connectivity index (χ4n) is 3.65. The molecule has 0 aliphatic heterocycles. The molecule has 4 aromatic rings. The van der Waals surface area contributed by atoms with Gasteiger partial charge in [-0.1, -0.05) is 29.8 Å². The highest BCUT2D eigenvalue weighted by Crippen LogP contribution is 2.44. The van der Waals surface area contributed by atoms with Crippen molar-refractivity contribution in [2.24, 2.45) is 0 Å². The van der Waals surface area contributed by atoms with Crippen molar-refractivity contribution in [2.45, 2.75) is 23.7 Å². The normalized spacial score (nSPS) is 13.7. The summed E-state index contributed by atoms with van der Waals surface area (Å²) in [6.45, 7) is 0. The predicted molar refractivity (Wildman–Crippen MR) is 132 cm³/mol. The summed E-state index contributed by atoms with van der Waals surface area (Å²) < 4.78 is 34.6. The van der Waals surface area contributed by atoms with Gasteiger partial charge in [0.1, 0.15) is 0 Å². The second kappa shape index (κ2) is 8.57. The van der Waals surface area contributed by atoms with Crippen LogP contribution in [0, 0.1) is 0 Å². The lowest BCUT2D eigenvalue weighted by Crippen LogP contribution is -2.16. The van der Waals surface area contributed by atoms with E-state index in [4.69, 9.17) is 11.6 Å². The van der Waals surface area contributed by atoms with E-state index in [0.717, 1.165) is 28.2 Å². The molecule has 0 radical (unpaired) electrons. The van der Waals surface area contributed by atoms with Crippen molar-refractivity contribution >= 4 is 56.2 Å². The predicted octanol–water partition coefficient (Wildman–Crippen LogP) is 6.57. The van der Waals surface area contributed by atoms with Crippen LogP contribution >= 0.6 is 34.5 Å². The minimum absolute atomic E-state index is 0.00301. The third-order valence-electron chi connectivity index (χ3n) is 5.39. The molecule has 6 nitrogen and oxygen atoms in total. The Morgan fingerprint density at radius 2 is 1.88 bits per heavy atom. The molecule has 0 amide bonds. The molecule has 2 aromatic carbocycles. The number of carbonyl (C=O) groups is 1. The lowest BCUT2D eigenvalue weighted by Gasteiger charge is -2.16. The zero-order chi connectivity index (χ0) is 23.2. The number of carboxylic acids is 1. The SMILES string of the molecule is O=C(O)c1ccc(C2CC2)c(S(=O)(=O)Nc2cc(-c3ccns3)ccc2-c2ccc(Cl)s2)c1. The second-order valence-corrected chi connectivity index (χ2v) is 11.9. The monoisotopic (exact) mass is 516 g/mol. The van der Waals surface area contributed by atoms with Gasteiger partial charge in [-0.05, 0) is 77.8 Å². The first-order valence-electron chi connectivity index (χ1n) is 10.0. The number of aromatic carboxylic acids is 1. The van der Waals surface area contributed by atoms with Crippen molar-refractivity contribution in [3.05, 3.63) is 76.3 Å². The molecule has 1 fully saturated rings. The summed E-state index contributed by atoms with van der Waals surface area (Å²) in [6.07, 6.45) is 3.46. The number of aromatic nitrogens is 1. The minimum atomic E-state index is -4.07. The first-order valence-corrected chi connectivity index (χ1v) is 13.5. The summed E-state index contributed by atoms with van der Waals surface area (Å²) in [7, 11) is -4.07. The summed E-state index contributed by atoms with van der Waals surface area (Å²) in [4.78, 5) is 13.2. The molecular formula is C23H17ClN2O4S3. The highest BCUT2D eigenvalue weighted by Gasteiger charge is 2.31. The number of sulfonamides is 1. The molecular weight excluding hydrogens is 500 g/mol. The molecule has 1 saturated carbocycles. The molecule has 168 valence electrons. The third-order valence-corrected chi connectivity index (χ3v) is 8.87. The topological polar surface area (TPSA) is 96.4 Å². The highest BCUT2D eigenvalue weighted by atomic mass is 35.5. The maximum atomic E-state index is 13.6. The smallest absolute Gasteiger partial charge is 0.335 e. The average Bonchev–Trinajstić information content (AvgIpc) is 3.30. The van der Waals surface area contributed by atoms with Crippen molar-refractivity contribution in [2.75, 3.05) is 4.72 Å². The summed E-state index contributed by atoms with van der Waals surface area (Å²) in [5.41, 5.74) is 2.48. The Labute approximate surface area is 203 Å². The lowest BCUT2D eigenvalue weighted by molar-refractivity contribution is 0.0696. The maximum Gasteiger partial charge on any atom is 0.335 e. The van der Waals surface area contributed by atoms with Crippen LogP contribution in [0.5, 0.6) is 0 Å². The van der Waals surface area contributed by atoms with Crippen LogP contribution < -0.4 is 4.72 Å². The van der Waals surface area contributed by atoms with Crippen molar-refractivity contribution in [3.8, 4) is 20.9 Å². The van der Waals surface area contributed by atoms with Gasteiger partial charge in [-0.15, -0.1) is 11.3 Å². The summed E-state index contributed by atoms with van der Waals surface area (Å²) in [5.74, 6) is -1.05. The number of rotatable bonds is 7. The molecule has 0 atom stereocenters. The van der Waals surface area contributed by atoms with Gasteiger partial charge in [0.2, 0.25) is 0 Å². The molecule has 0 unspecified atom stereocenters. The van der Waals surface area contributed by atoms with Gasteiger partial charge in [0, 0.05) is 16.6 Å². The molecule has 1 aliphatic carbocycles. The Kier molecular flexibility index (Phi) is 5.74. The van der Waals surface area contributed by atoms with Crippen molar-refractivity contribution in [3.63, 3.8) is 0 Å². The van der Waals surface area contributed by atoms with E-state index in [1.807, 2.05) is 24.3 Å². The van der Waals surface area contributed by atoms with E-state index in [9.17, 15) is 18.3 Å². The number of thiophene rings is 1. The molecule has 33 heavy (non-hydrogen) atoms. The zero-order valence-corrected chi connectivity index (χ0v) is 20.2. The van der Waals surface area contributed by atoms with E-state index in [1.165, 1.54) is 35.0 Å². The van der Waals surface area contributed by atoms with Gasteiger partial charge in [0.15, 0.2) is 0 Å². The van der Waals surface area contributed by atoms with Gasteiger partial charge in [0.25, 0.3) is 10.0 Å². The lowest BCUT2D eigenvalue weighted by atomic mass is 10.1. The zero-order valence-electron chi connectivity index (χ0n) is 17.0.